The topological polar surface area (TPSA) is 118 Å². The van der Waals surface area contributed by atoms with Crippen LogP contribution in [0.1, 0.15) is 66.2 Å². The fourth-order valence-electron chi connectivity index (χ4n) is 9.45. The Labute approximate surface area is 299 Å². The predicted octanol–water partition coefficient (Wildman–Crippen LogP) is 6.29. The molecule has 3 heterocycles. The van der Waals surface area contributed by atoms with E-state index in [1.165, 1.54) is 70.8 Å². The third-order valence-electron chi connectivity index (χ3n) is 11.9. The summed E-state index contributed by atoms with van der Waals surface area (Å²) in [7, 11) is 9.10. The number of rotatable bonds is 8. The molecule has 11 nitrogen and oxygen atoms in total. The number of aromatic amines is 1. The Kier molecular flexibility index (Phi) is 10.2. The smallest absolute Gasteiger partial charge is 0.338 e. The van der Waals surface area contributed by atoms with Crippen molar-refractivity contribution in [3.63, 3.8) is 0 Å². The molecule has 0 radical (unpaired) electrons. The molecule has 1 unspecified atom stereocenters. The molecule has 0 amide bonds. The number of nitrogens with one attached hydrogen (secondary N) is 1. The second-order valence-corrected chi connectivity index (χ2v) is 14.4. The van der Waals surface area contributed by atoms with Crippen molar-refractivity contribution in [3.8, 4) is 23.0 Å². The summed E-state index contributed by atoms with van der Waals surface area (Å²) in [5.41, 5.74) is 5.57. The lowest BCUT2D eigenvalue weighted by Crippen LogP contribution is -2.58. The largest absolute Gasteiger partial charge is 0.497 e. The van der Waals surface area contributed by atoms with Crippen molar-refractivity contribution in [1.82, 2.24) is 9.88 Å². The van der Waals surface area contributed by atoms with Crippen LogP contribution in [0.5, 0.6) is 23.0 Å². The van der Waals surface area contributed by atoms with Crippen LogP contribution in [0.4, 0.5) is 0 Å². The van der Waals surface area contributed by atoms with Gasteiger partial charge in [0.1, 0.15) is 18.0 Å². The molecule has 3 aromatic rings. The van der Waals surface area contributed by atoms with Gasteiger partial charge in [0, 0.05) is 42.9 Å². The molecule has 51 heavy (non-hydrogen) atoms. The van der Waals surface area contributed by atoms with Crippen LogP contribution in [0.15, 0.2) is 42.0 Å². The molecule has 0 spiro atoms. The van der Waals surface area contributed by atoms with Crippen LogP contribution in [0.3, 0.4) is 0 Å². The van der Waals surface area contributed by atoms with Gasteiger partial charge in [-0.15, -0.1) is 0 Å². The van der Waals surface area contributed by atoms with E-state index in [0.29, 0.717) is 23.7 Å². The van der Waals surface area contributed by atoms with Gasteiger partial charge >= 0.3 is 11.9 Å². The molecule has 2 aromatic carbocycles. The predicted molar refractivity (Wildman–Crippen MR) is 191 cm³/mol. The molecule has 2 bridgehead atoms. The number of fused-ring (bicyclic) bond motifs is 8. The molecular formula is C40H50N2O9. The molecule has 2 aliphatic heterocycles. The molecule has 3 fully saturated rings. The van der Waals surface area contributed by atoms with Gasteiger partial charge in [-0.2, -0.15) is 0 Å². The number of aromatic nitrogens is 1. The van der Waals surface area contributed by atoms with Crippen LogP contribution >= 0.6 is 0 Å². The number of carbonyl (C=O) groups excluding carboxylic acids is 2. The summed E-state index contributed by atoms with van der Waals surface area (Å²) in [6.07, 6.45) is 9.10. The van der Waals surface area contributed by atoms with Crippen LogP contribution in [-0.4, -0.2) is 89.8 Å². The molecule has 1 N–H and O–H groups in total. The molecule has 8 rings (SSSR count). The summed E-state index contributed by atoms with van der Waals surface area (Å²) in [6.45, 7) is 1.68. The van der Waals surface area contributed by atoms with Crippen molar-refractivity contribution in [3.05, 3.63) is 58.8 Å². The number of methoxy groups -OCH3 is 6. The van der Waals surface area contributed by atoms with E-state index < -0.39 is 24.1 Å². The first-order valence-electron chi connectivity index (χ1n) is 18.0. The second kappa shape index (κ2) is 14.8. The van der Waals surface area contributed by atoms with Gasteiger partial charge in [0.05, 0.1) is 53.1 Å². The SMILES string of the molecule is C1=C2CCC(C1)C2.COC(=O)[C@H]1[C@H]2C[C@@H]3c4[nH]c5cc(OC)ccc5c4CCN3C[C@H]2C[C@@H](OC(=O)c2cc(OC)c(OC)c(OC)c2)[C@@H]1OC. The third kappa shape index (κ3) is 6.55. The highest BCUT2D eigenvalue weighted by atomic mass is 16.6. The van der Waals surface area contributed by atoms with Crippen LogP contribution in [0.2, 0.25) is 0 Å². The highest BCUT2D eigenvalue weighted by Crippen LogP contribution is 2.51. The Morgan fingerprint density at radius 3 is 2.25 bits per heavy atom. The third-order valence-corrected chi connectivity index (χ3v) is 11.9. The van der Waals surface area contributed by atoms with Crippen molar-refractivity contribution in [1.29, 1.82) is 0 Å². The van der Waals surface area contributed by atoms with Crippen LogP contribution in [0.25, 0.3) is 10.9 Å². The second-order valence-electron chi connectivity index (χ2n) is 14.4. The molecule has 2 saturated carbocycles. The van der Waals surface area contributed by atoms with Crippen LogP contribution in [0, 0.1) is 23.7 Å². The lowest BCUT2D eigenvalue weighted by molar-refractivity contribution is -0.176. The first-order chi connectivity index (χ1) is 24.8. The van der Waals surface area contributed by atoms with Gasteiger partial charge in [0.15, 0.2) is 11.5 Å². The molecule has 274 valence electrons. The van der Waals surface area contributed by atoms with Gasteiger partial charge in [-0.1, -0.05) is 11.6 Å². The van der Waals surface area contributed by atoms with Gasteiger partial charge in [-0.3, -0.25) is 9.69 Å². The van der Waals surface area contributed by atoms with E-state index in [1.54, 1.807) is 31.9 Å². The molecular weight excluding hydrogens is 652 g/mol. The van der Waals surface area contributed by atoms with Crippen molar-refractivity contribution in [2.24, 2.45) is 23.7 Å². The number of H-pyrrole nitrogens is 1. The minimum absolute atomic E-state index is 0.0170. The Bertz CT molecular complexity index is 1770. The Balaban J connectivity index is 0.000000512. The average molecular weight is 703 g/mol. The first-order valence-corrected chi connectivity index (χ1v) is 18.0. The zero-order valence-corrected chi connectivity index (χ0v) is 30.5. The van der Waals surface area contributed by atoms with E-state index in [4.69, 9.17) is 33.2 Å². The average Bonchev–Trinajstić information content (AvgIpc) is 3.92. The maximum atomic E-state index is 13.5. The summed E-state index contributed by atoms with van der Waals surface area (Å²) < 4.78 is 39.1. The lowest BCUT2D eigenvalue weighted by Gasteiger charge is -2.52. The van der Waals surface area contributed by atoms with Crippen molar-refractivity contribution in [2.75, 3.05) is 55.7 Å². The fraction of sp³-hybridized carbons (Fsp3) is 0.550. The monoisotopic (exact) mass is 702 g/mol. The summed E-state index contributed by atoms with van der Waals surface area (Å²) in [4.78, 5) is 33.1. The maximum Gasteiger partial charge on any atom is 0.338 e. The first kappa shape index (κ1) is 35.2. The zero-order chi connectivity index (χ0) is 35.8. The van der Waals surface area contributed by atoms with E-state index in [0.717, 1.165) is 43.1 Å². The van der Waals surface area contributed by atoms with Crippen molar-refractivity contribution < 1.29 is 42.7 Å². The number of allylic oxidation sites excluding steroid dienone is 2. The number of ether oxygens (including phenoxy) is 7. The highest BCUT2D eigenvalue weighted by molar-refractivity contribution is 5.91. The summed E-state index contributed by atoms with van der Waals surface area (Å²) in [5.74, 6) is 1.52. The van der Waals surface area contributed by atoms with Crippen LogP contribution < -0.4 is 18.9 Å². The van der Waals surface area contributed by atoms with E-state index in [-0.39, 0.29) is 29.4 Å². The molecule has 1 saturated heterocycles. The van der Waals surface area contributed by atoms with Gasteiger partial charge in [-0.25, -0.2) is 4.79 Å². The number of esters is 2. The zero-order valence-electron chi connectivity index (χ0n) is 30.5. The standard InChI is InChI=1S/C33H40N2O9.C7H10/c1-38-19-7-8-20-21-9-10-35-16-18-13-27(44-32(36)17-11-25(39-2)30(41-4)26(12-17)40-3)31(42-5)28(33(37)43-6)22(18)15-24(35)29(21)34-23(20)14-19;1-2-7-4-3-6(1)5-7/h7-8,11-12,14,18,22,24,27-28,31,34H,9-10,13,15-16H2,1-6H3;1,7H,2-5H2/t18-,22+,24-,27-,28+,31+;/m1./s1. The molecule has 11 heteroatoms. The van der Waals surface area contributed by atoms with E-state index >= 15 is 0 Å². The molecule has 3 aliphatic carbocycles. The van der Waals surface area contributed by atoms with E-state index in [2.05, 4.69) is 22.0 Å². The van der Waals surface area contributed by atoms with Crippen LogP contribution in [-0.2, 0) is 25.4 Å². The Morgan fingerprint density at radius 1 is 0.902 bits per heavy atom. The van der Waals surface area contributed by atoms with Gasteiger partial charge < -0.3 is 38.1 Å². The van der Waals surface area contributed by atoms with E-state index in [1.807, 2.05) is 12.1 Å². The van der Waals surface area contributed by atoms with E-state index in [9.17, 15) is 9.59 Å². The number of nitrogens with zero attached hydrogens (tertiary/aromatic N) is 1. The highest BCUT2D eigenvalue weighted by Gasteiger charge is 2.54. The summed E-state index contributed by atoms with van der Waals surface area (Å²) in [6, 6.07) is 9.40. The summed E-state index contributed by atoms with van der Waals surface area (Å²) >= 11 is 0. The van der Waals surface area contributed by atoms with Crippen molar-refractivity contribution in [2.45, 2.75) is 63.2 Å². The fourth-order valence-corrected chi connectivity index (χ4v) is 9.45. The lowest BCUT2D eigenvalue weighted by atomic mass is 9.63. The molecule has 1 aromatic heterocycles. The molecule has 5 aliphatic rings. The number of hydrogen-bond donors (Lipinski definition) is 1. The number of carbonyl (C=O) groups is 2. The minimum Gasteiger partial charge on any atom is -0.497 e. The Morgan fingerprint density at radius 2 is 1.69 bits per heavy atom. The number of piperidine rings is 1. The number of benzene rings is 2. The number of hydrogen-bond acceptors (Lipinski definition) is 10. The van der Waals surface area contributed by atoms with Gasteiger partial charge in [0.25, 0.3) is 0 Å². The summed E-state index contributed by atoms with van der Waals surface area (Å²) in [5, 5.41) is 1.21. The van der Waals surface area contributed by atoms with Gasteiger partial charge in [-0.05, 0) is 92.5 Å². The molecule has 7 atom stereocenters. The van der Waals surface area contributed by atoms with Crippen molar-refractivity contribution >= 4 is 22.8 Å². The normalized spacial score (nSPS) is 27.6. The maximum absolute atomic E-state index is 13.5. The minimum atomic E-state index is -0.670. The van der Waals surface area contributed by atoms with Gasteiger partial charge in [0.2, 0.25) is 5.75 Å². The quantitative estimate of drug-likeness (QED) is 0.212. The Hall–Kier alpha value is -4.22.